The van der Waals surface area contributed by atoms with E-state index in [1.54, 1.807) is 0 Å². The summed E-state index contributed by atoms with van der Waals surface area (Å²) in [5, 5.41) is 10.2. The molecular formula is C6H4BFN2O2. The van der Waals surface area contributed by atoms with Crippen LogP contribution in [0.2, 0.25) is 0 Å². The van der Waals surface area contributed by atoms with Crippen LogP contribution in [0.15, 0.2) is 12.1 Å². The number of nitro benzene ring substituents is 1. The summed E-state index contributed by atoms with van der Waals surface area (Å²) in [5.41, 5.74) is 4.57. The quantitative estimate of drug-likeness (QED) is 0.278. The smallest absolute Gasteiger partial charge is 0.306 e. The molecule has 0 saturated carbocycles. The Kier molecular flexibility index (Phi) is 1.99. The molecule has 12 heavy (non-hydrogen) atoms. The van der Waals surface area contributed by atoms with E-state index >= 15 is 0 Å². The Labute approximate surface area is 68.7 Å². The lowest BCUT2D eigenvalue weighted by Crippen LogP contribution is -2.11. The van der Waals surface area contributed by atoms with Crippen molar-refractivity contribution in [2.45, 2.75) is 0 Å². The lowest BCUT2D eigenvalue weighted by atomic mass is 9.94. The Balaban J connectivity index is 3.33. The van der Waals surface area contributed by atoms with Crippen LogP contribution < -0.4 is 11.2 Å². The van der Waals surface area contributed by atoms with Crippen LogP contribution in [0.5, 0.6) is 0 Å². The van der Waals surface area contributed by atoms with Gasteiger partial charge in [0.2, 0.25) is 0 Å². The van der Waals surface area contributed by atoms with Gasteiger partial charge in [-0.1, -0.05) is 5.46 Å². The van der Waals surface area contributed by atoms with Crippen molar-refractivity contribution in [3.8, 4) is 0 Å². The van der Waals surface area contributed by atoms with Gasteiger partial charge in [-0.2, -0.15) is 4.39 Å². The SMILES string of the molecule is [B]c1cc(F)c([N+](=O)[O-])cc1N. The first kappa shape index (κ1) is 8.51. The largest absolute Gasteiger partial charge is 0.399 e. The van der Waals surface area contributed by atoms with Crippen molar-refractivity contribution in [3.63, 3.8) is 0 Å². The molecule has 0 aliphatic carbocycles. The van der Waals surface area contributed by atoms with Gasteiger partial charge in [-0.15, -0.1) is 0 Å². The summed E-state index contributed by atoms with van der Waals surface area (Å²) < 4.78 is 12.7. The molecule has 0 aliphatic heterocycles. The molecule has 1 aromatic rings. The summed E-state index contributed by atoms with van der Waals surface area (Å²) in [7, 11) is 5.20. The van der Waals surface area contributed by atoms with E-state index < -0.39 is 16.4 Å². The van der Waals surface area contributed by atoms with E-state index in [4.69, 9.17) is 13.6 Å². The Bertz CT molecular complexity index is 343. The van der Waals surface area contributed by atoms with Crippen LogP contribution in [0.1, 0.15) is 0 Å². The van der Waals surface area contributed by atoms with Gasteiger partial charge >= 0.3 is 5.69 Å². The van der Waals surface area contributed by atoms with Crippen molar-refractivity contribution in [2.24, 2.45) is 0 Å². The molecule has 0 atom stereocenters. The monoisotopic (exact) mass is 166 g/mol. The van der Waals surface area contributed by atoms with Crippen LogP contribution >= 0.6 is 0 Å². The molecule has 6 heteroatoms. The molecule has 0 amide bonds. The zero-order chi connectivity index (χ0) is 9.30. The fourth-order valence-electron chi connectivity index (χ4n) is 0.733. The lowest BCUT2D eigenvalue weighted by molar-refractivity contribution is -0.387. The molecule has 0 saturated heterocycles. The molecule has 1 rings (SSSR count). The third-order valence-electron chi connectivity index (χ3n) is 1.35. The predicted octanol–water partition coefficient (Wildman–Crippen LogP) is 0.110. The molecule has 0 unspecified atom stereocenters. The fourth-order valence-corrected chi connectivity index (χ4v) is 0.733. The van der Waals surface area contributed by atoms with Gasteiger partial charge in [0.25, 0.3) is 0 Å². The third kappa shape index (κ3) is 1.36. The molecule has 1 aromatic carbocycles. The topological polar surface area (TPSA) is 69.2 Å². The molecular weight excluding hydrogens is 162 g/mol. The minimum absolute atomic E-state index is 0.00176. The maximum absolute atomic E-state index is 12.7. The van der Waals surface area contributed by atoms with Crippen LogP contribution in [0.25, 0.3) is 0 Å². The van der Waals surface area contributed by atoms with Crippen LogP contribution in [0, 0.1) is 15.9 Å². The molecule has 0 fully saturated rings. The first-order chi connectivity index (χ1) is 5.52. The number of nitro groups is 1. The number of benzene rings is 1. The number of anilines is 1. The van der Waals surface area contributed by atoms with Crippen LogP contribution in [-0.2, 0) is 0 Å². The number of nitrogens with two attached hydrogens (primary N) is 1. The highest BCUT2D eigenvalue weighted by atomic mass is 19.1. The van der Waals surface area contributed by atoms with Crippen molar-refractivity contribution in [1.82, 2.24) is 0 Å². The second-order valence-electron chi connectivity index (χ2n) is 2.19. The molecule has 0 aromatic heterocycles. The highest BCUT2D eigenvalue weighted by molar-refractivity contribution is 6.35. The second kappa shape index (κ2) is 2.81. The average molecular weight is 166 g/mol. The van der Waals surface area contributed by atoms with Crippen molar-refractivity contribution in [1.29, 1.82) is 0 Å². The minimum atomic E-state index is -0.980. The normalized spacial score (nSPS) is 9.75. The lowest BCUT2D eigenvalue weighted by Gasteiger charge is -1.99. The fraction of sp³-hybridized carbons (Fsp3) is 0. The van der Waals surface area contributed by atoms with E-state index in [0.29, 0.717) is 0 Å². The maximum atomic E-state index is 12.7. The Morgan fingerprint density at radius 3 is 2.67 bits per heavy atom. The number of hydrogen-bond acceptors (Lipinski definition) is 3. The van der Waals surface area contributed by atoms with Crippen molar-refractivity contribution < 1.29 is 9.31 Å². The molecule has 2 radical (unpaired) electrons. The van der Waals surface area contributed by atoms with Gasteiger partial charge in [0.1, 0.15) is 7.85 Å². The molecule has 2 N–H and O–H groups in total. The summed E-state index contributed by atoms with van der Waals surface area (Å²) in [4.78, 5) is 9.30. The molecule has 0 bridgehead atoms. The van der Waals surface area contributed by atoms with E-state index in [1.807, 2.05) is 0 Å². The zero-order valence-electron chi connectivity index (χ0n) is 5.95. The van der Waals surface area contributed by atoms with Crippen molar-refractivity contribution in [3.05, 3.63) is 28.1 Å². The number of rotatable bonds is 1. The highest BCUT2D eigenvalue weighted by Crippen LogP contribution is 2.17. The number of nitrogen functional groups attached to an aromatic ring is 1. The Hall–Kier alpha value is -1.59. The zero-order valence-corrected chi connectivity index (χ0v) is 5.95. The second-order valence-corrected chi connectivity index (χ2v) is 2.19. The van der Waals surface area contributed by atoms with Crippen molar-refractivity contribution in [2.75, 3.05) is 5.73 Å². The summed E-state index contributed by atoms with van der Waals surface area (Å²) >= 11 is 0. The standard InChI is InChI=1S/C6H4BFN2O2/c7-3-1-4(8)6(10(11)12)2-5(3)9/h1-2H,9H2. The van der Waals surface area contributed by atoms with Gasteiger partial charge in [-0.25, -0.2) is 0 Å². The van der Waals surface area contributed by atoms with Gasteiger partial charge < -0.3 is 5.73 Å². The molecule has 60 valence electrons. The number of hydrogen-bond donors (Lipinski definition) is 1. The molecule has 0 heterocycles. The van der Waals surface area contributed by atoms with E-state index in [-0.39, 0.29) is 11.2 Å². The predicted molar refractivity (Wildman–Crippen MR) is 42.9 cm³/mol. The van der Waals surface area contributed by atoms with E-state index in [0.717, 1.165) is 12.1 Å². The Morgan fingerprint density at radius 1 is 1.58 bits per heavy atom. The first-order valence-electron chi connectivity index (χ1n) is 3.01. The van der Waals surface area contributed by atoms with Gasteiger partial charge in [0, 0.05) is 11.8 Å². The molecule has 0 aliphatic rings. The van der Waals surface area contributed by atoms with Crippen LogP contribution in [0.4, 0.5) is 15.8 Å². The van der Waals surface area contributed by atoms with Gasteiger partial charge in [-0.05, 0) is 6.07 Å². The van der Waals surface area contributed by atoms with Crippen molar-refractivity contribution >= 4 is 24.7 Å². The summed E-state index contributed by atoms with van der Waals surface area (Å²) in [6, 6.07) is 1.72. The summed E-state index contributed by atoms with van der Waals surface area (Å²) in [5.74, 6) is -0.980. The summed E-state index contributed by atoms with van der Waals surface area (Å²) in [6.45, 7) is 0. The third-order valence-corrected chi connectivity index (χ3v) is 1.35. The number of halogens is 1. The van der Waals surface area contributed by atoms with Gasteiger partial charge in [0.05, 0.1) is 4.92 Å². The van der Waals surface area contributed by atoms with E-state index in [2.05, 4.69) is 0 Å². The first-order valence-corrected chi connectivity index (χ1v) is 3.01. The number of nitrogens with zero attached hydrogens (tertiary/aromatic N) is 1. The summed E-state index contributed by atoms with van der Waals surface area (Å²) in [6.07, 6.45) is 0. The van der Waals surface area contributed by atoms with Gasteiger partial charge in [0.15, 0.2) is 5.82 Å². The average Bonchev–Trinajstić information content (AvgIpc) is 1.96. The Morgan fingerprint density at radius 2 is 2.17 bits per heavy atom. The molecule has 0 spiro atoms. The molecule has 4 nitrogen and oxygen atoms in total. The van der Waals surface area contributed by atoms with E-state index in [9.17, 15) is 14.5 Å². The highest BCUT2D eigenvalue weighted by Gasteiger charge is 2.14. The minimum Gasteiger partial charge on any atom is -0.399 e. The maximum Gasteiger partial charge on any atom is 0.306 e. The van der Waals surface area contributed by atoms with E-state index in [1.165, 1.54) is 0 Å². The van der Waals surface area contributed by atoms with Gasteiger partial charge in [-0.3, -0.25) is 10.1 Å². The van der Waals surface area contributed by atoms with Crippen LogP contribution in [-0.4, -0.2) is 12.8 Å². The van der Waals surface area contributed by atoms with Crippen LogP contribution in [0.3, 0.4) is 0 Å².